The average Bonchev–Trinajstić information content (AvgIpc) is 2.71. The van der Waals surface area contributed by atoms with Crippen molar-refractivity contribution in [3.05, 3.63) is 41.5 Å². The Morgan fingerprint density at radius 1 is 1.05 bits per heavy atom. The molecule has 1 aliphatic heterocycles. The number of allylic oxidation sites excluding steroid dienone is 1. The van der Waals surface area contributed by atoms with Gasteiger partial charge < -0.3 is 4.90 Å². The molecule has 118 valence electrons. The molecular weight excluding hydrogens is 270 g/mol. The molecule has 0 spiro atoms. The molecule has 0 aromatic heterocycles. The van der Waals surface area contributed by atoms with Crippen molar-refractivity contribution in [2.45, 2.75) is 44.9 Å². The third kappa shape index (κ3) is 4.30. The number of rotatable bonds is 3. The molecule has 1 unspecified atom stereocenters. The highest BCUT2D eigenvalue weighted by molar-refractivity contribution is 5.99. The van der Waals surface area contributed by atoms with Gasteiger partial charge in [-0.3, -0.25) is 4.79 Å². The van der Waals surface area contributed by atoms with Crippen molar-refractivity contribution in [1.82, 2.24) is 4.90 Å². The Bertz CT molecular complexity index is 514. The number of hydrogen-bond donors (Lipinski definition) is 0. The Hall–Kier alpha value is -1.41. The van der Waals surface area contributed by atoms with E-state index in [4.69, 9.17) is 0 Å². The van der Waals surface area contributed by atoms with E-state index < -0.39 is 0 Å². The van der Waals surface area contributed by atoms with Gasteiger partial charge >= 0.3 is 0 Å². The molecule has 0 bridgehead atoms. The van der Waals surface area contributed by atoms with Gasteiger partial charge in [0, 0.05) is 13.0 Å². The lowest BCUT2D eigenvalue weighted by atomic mass is 9.97. The summed E-state index contributed by atoms with van der Waals surface area (Å²) in [7, 11) is 0. The second-order valence-electron chi connectivity index (χ2n) is 6.83. The maximum Gasteiger partial charge on any atom is 0.159 e. The molecule has 2 aliphatic rings. The molecule has 2 nitrogen and oxygen atoms in total. The number of piperidine rings is 1. The van der Waals surface area contributed by atoms with Gasteiger partial charge in [-0.2, -0.15) is 0 Å². The number of carbonyl (C=O) groups is 1. The van der Waals surface area contributed by atoms with E-state index in [1.54, 1.807) is 0 Å². The predicted octanol–water partition coefficient (Wildman–Crippen LogP) is 4.32. The van der Waals surface area contributed by atoms with E-state index in [9.17, 15) is 4.79 Å². The zero-order chi connectivity index (χ0) is 15.2. The van der Waals surface area contributed by atoms with E-state index in [-0.39, 0.29) is 0 Å². The molecular formula is C20H27NO. The summed E-state index contributed by atoms with van der Waals surface area (Å²) in [6.45, 7) is 3.60. The first kappa shape index (κ1) is 15.5. The first-order valence-corrected chi connectivity index (χ1v) is 8.82. The lowest BCUT2D eigenvalue weighted by Gasteiger charge is -2.29. The third-order valence-corrected chi connectivity index (χ3v) is 5.00. The van der Waals surface area contributed by atoms with Gasteiger partial charge in [0.05, 0.1) is 0 Å². The summed E-state index contributed by atoms with van der Waals surface area (Å²) in [6.07, 6.45) is 10.2. The monoisotopic (exact) mass is 297 g/mol. The van der Waals surface area contributed by atoms with Crippen molar-refractivity contribution in [2.24, 2.45) is 5.92 Å². The van der Waals surface area contributed by atoms with Crippen molar-refractivity contribution in [3.8, 4) is 0 Å². The fourth-order valence-electron chi connectivity index (χ4n) is 3.78. The Balaban J connectivity index is 1.61. The Kier molecular flexibility index (Phi) is 5.44. The average molecular weight is 297 g/mol. The molecule has 1 saturated carbocycles. The topological polar surface area (TPSA) is 20.3 Å². The fourth-order valence-corrected chi connectivity index (χ4v) is 3.78. The van der Waals surface area contributed by atoms with Crippen LogP contribution in [0.5, 0.6) is 0 Å². The lowest BCUT2D eigenvalue weighted by Crippen LogP contribution is -2.34. The lowest BCUT2D eigenvalue weighted by molar-refractivity contribution is -0.116. The van der Waals surface area contributed by atoms with Crippen LogP contribution in [0.25, 0.3) is 6.08 Å². The Morgan fingerprint density at radius 2 is 1.82 bits per heavy atom. The molecule has 1 heterocycles. The van der Waals surface area contributed by atoms with Crippen LogP contribution in [0.15, 0.2) is 35.9 Å². The molecule has 1 aliphatic carbocycles. The number of nitrogens with zero attached hydrogens (tertiary/aromatic N) is 1. The molecule has 0 amide bonds. The molecule has 1 aromatic carbocycles. The fraction of sp³-hybridized carbons (Fsp3) is 0.550. The maximum absolute atomic E-state index is 12.6. The SMILES string of the molecule is O=C1CC(CN2CCCCC2)CCC/C1=C/c1ccccc1. The molecule has 2 fully saturated rings. The highest BCUT2D eigenvalue weighted by Gasteiger charge is 2.23. The van der Waals surface area contributed by atoms with Crippen molar-refractivity contribution in [2.75, 3.05) is 19.6 Å². The van der Waals surface area contributed by atoms with E-state index in [0.717, 1.165) is 36.9 Å². The Labute approximate surface area is 134 Å². The van der Waals surface area contributed by atoms with E-state index in [2.05, 4.69) is 23.1 Å². The van der Waals surface area contributed by atoms with Gasteiger partial charge in [0.15, 0.2) is 5.78 Å². The van der Waals surface area contributed by atoms with E-state index in [1.807, 2.05) is 18.2 Å². The predicted molar refractivity (Wildman–Crippen MR) is 91.7 cm³/mol. The van der Waals surface area contributed by atoms with Gasteiger partial charge in [0.25, 0.3) is 0 Å². The second kappa shape index (κ2) is 7.73. The number of ketones is 1. The van der Waals surface area contributed by atoms with Crippen LogP contribution in [0.3, 0.4) is 0 Å². The molecule has 1 aromatic rings. The van der Waals surface area contributed by atoms with Crippen LogP contribution in [-0.4, -0.2) is 30.3 Å². The quantitative estimate of drug-likeness (QED) is 0.612. The van der Waals surface area contributed by atoms with E-state index in [1.165, 1.54) is 38.8 Å². The molecule has 0 radical (unpaired) electrons. The minimum atomic E-state index is 0.378. The van der Waals surface area contributed by atoms with Gasteiger partial charge in [0.2, 0.25) is 0 Å². The van der Waals surface area contributed by atoms with Crippen LogP contribution in [0.2, 0.25) is 0 Å². The van der Waals surface area contributed by atoms with Gasteiger partial charge in [0.1, 0.15) is 0 Å². The molecule has 22 heavy (non-hydrogen) atoms. The third-order valence-electron chi connectivity index (χ3n) is 5.00. The van der Waals surface area contributed by atoms with Gasteiger partial charge in [-0.25, -0.2) is 0 Å². The first-order chi connectivity index (χ1) is 10.8. The van der Waals surface area contributed by atoms with E-state index in [0.29, 0.717) is 11.7 Å². The summed E-state index contributed by atoms with van der Waals surface area (Å²) in [5, 5.41) is 0. The summed E-state index contributed by atoms with van der Waals surface area (Å²) in [4.78, 5) is 15.2. The summed E-state index contributed by atoms with van der Waals surface area (Å²) >= 11 is 0. The first-order valence-electron chi connectivity index (χ1n) is 8.82. The number of hydrogen-bond acceptors (Lipinski definition) is 2. The van der Waals surface area contributed by atoms with Crippen molar-refractivity contribution >= 4 is 11.9 Å². The number of benzene rings is 1. The number of carbonyl (C=O) groups excluding carboxylic acids is 1. The molecule has 1 saturated heterocycles. The van der Waals surface area contributed by atoms with Crippen LogP contribution >= 0.6 is 0 Å². The van der Waals surface area contributed by atoms with Crippen LogP contribution in [0.1, 0.15) is 50.5 Å². The number of Topliss-reactive ketones (excluding diaryl/α,β-unsaturated/α-hetero) is 1. The molecule has 0 N–H and O–H groups in total. The molecule has 1 atom stereocenters. The van der Waals surface area contributed by atoms with Gasteiger partial charge in [-0.1, -0.05) is 36.8 Å². The van der Waals surface area contributed by atoms with Crippen molar-refractivity contribution in [3.63, 3.8) is 0 Å². The summed E-state index contributed by atoms with van der Waals surface area (Å²) in [5.41, 5.74) is 2.19. The zero-order valence-electron chi connectivity index (χ0n) is 13.5. The van der Waals surface area contributed by atoms with Crippen LogP contribution < -0.4 is 0 Å². The minimum absolute atomic E-state index is 0.378. The minimum Gasteiger partial charge on any atom is -0.303 e. The van der Waals surface area contributed by atoms with Crippen molar-refractivity contribution in [1.29, 1.82) is 0 Å². The van der Waals surface area contributed by atoms with Gasteiger partial charge in [-0.15, -0.1) is 0 Å². The van der Waals surface area contributed by atoms with Crippen molar-refractivity contribution < 1.29 is 4.79 Å². The smallest absolute Gasteiger partial charge is 0.159 e. The van der Waals surface area contributed by atoms with Crippen LogP contribution in [0.4, 0.5) is 0 Å². The zero-order valence-corrected chi connectivity index (χ0v) is 13.5. The number of likely N-dealkylation sites (tertiary alicyclic amines) is 1. The normalized spacial score (nSPS) is 26.1. The van der Waals surface area contributed by atoms with Crippen LogP contribution in [0, 0.1) is 5.92 Å². The standard InChI is InChI=1S/C20H27NO/c22-20-15-18(16-21-12-5-2-6-13-21)10-7-11-19(20)14-17-8-3-1-4-9-17/h1,3-4,8-9,14,18H,2,5-7,10-13,15-16H2/b19-14-. The summed E-state index contributed by atoms with van der Waals surface area (Å²) in [6, 6.07) is 10.2. The van der Waals surface area contributed by atoms with Gasteiger partial charge in [-0.05, 0) is 68.3 Å². The van der Waals surface area contributed by atoms with Crippen LogP contribution in [-0.2, 0) is 4.79 Å². The summed E-state index contributed by atoms with van der Waals surface area (Å²) in [5.74, 6) is 0.940. The maximum atomic E-state index is 12.6. The van der Waals surface area contributed by atoms with E-state index >= 15 is 0 Å². The largest absolute Gasteiger partial charge is 0.303 e. The summed E-state index contributed by atoms with van der Waals surface area (Å²) < 4.78 is 0. The Morgan fingerprint density at radius 3 is 2.59 bits per heavy atom. The molecule has 3 rings (SSSR count). The highest BCUT2D eigenvalue weighted by Crippen LogP contribution is 2.27. The highest BCUT2D eigenvalue weighted by atomic mass is 16.1. The molecule has 2 heteroatoms. The second-order valence-corrected chi connectivity index (χ2v) is 6.83.